The fraction of sp³-hybridized carbons (Fsp3) is 0.308. The Balaban J connectivity index is 2.37. The zero-order chi connectivity index (χ0) is 12.7. The Hall–Kier alpha value is -1.68. The standard InChI is InChI=1S/C13H16FNO2/c1-2-11(13(16)17)7-8-15-9-10-3-5-12(14)6-4-10/h3-7,15H,2,8-9H2,1H3,(H,16,17)/b11-7-. The molecule has 0 heterocycles. The zero-order valence-electron chi connectivity index (χ0n) is 9.74. The summed E-state index contributed by atoms with van der Waals surface area (Å²) < 4.78 is 12.6. The lowest BCUT2D eigenvalue weighted by Crippen LogP contribution is -2.14. The van der Waals surface area contributed by atoms with Gasteiger partial charge in [0.25, 0.3) is 0 Å². The third-order valence-electron chi connectivity index (χ3n) is 2.39. The van der Waals surface area contributed by atoms with E-state index in [9.17, 15) is 9.18 Å². The molecule has 0 aromatic heterocycles. The first-order valence-electron chi connectivity index (χ1n) is 5.51. The summed E-state index contributed by atoms with van der Waals surface area (Å²) in [5.74, 6) is -1.14. The van der Waals surface area contributed by atoms with Crippen molar-refractivity contribution in [3.05, 3.63) is 47.3 Å². The van der Waals surface area contributed by atoms with Gasteiger partial charge in [-0.1, -0.05) is 25.1 Å². The Morgan fingerprint density at radius 3 is 2.59 bits per heavy atom. The number of hydrogen-bond donors (Lipinski definition) is 2. The van der Waals surface area contributed by atoms with Crippen LogP contribution in [0.4, 0.5) is 4.39 Å². The number of benzene rings is 1. The average Bonchev–Trinajstić information content (AvgIpc) is 2.31. The Labute approximate surface area is 100.0 Å². The lowest BCUT2D eigenvalue weighted by Gasteiger charge is -2.03. The number of halogens is 1. The molecule has 4 heteroatoms. The Bertz CT molecular complexity index is 398. The minimum absolute atomic E-state index is 0.257. The van der Waals surface area contributed by atoms with E-state index < -0.39 is 5.97 Å². The van der Waals surface area contributed by atoms with Gasteiger partial charge in [0.05, 0.1) is 0 Å². The largest absolute Gasteiger partial charge is 0.478 e. The summed E-state index contributed by atoms with van der Waals surface area (Å²) >= 11 is 0. The number of carbonyl (C=O) groups is 1. The highest BCUT2D eigenvalue weighted by Gasteiger charge is 2.02. The number of rotatable bonds is 6. The van der Waals surface area contributed by atoms with Gasteiger partial charge in [0.2, 0.25) is 0 Å². The number of nitrogens with one attached hydrogen (secondary N) is 1. The molecule has 92 valence electrons. The predicted molar refractivity (Wildman–Crippen MR) is 64.1 cm³/mol. The quantitative estimate of drug-likeness (QED) is 0.589. The molecule has 0 aliphatic carbocycles. The fourth-order valence-corrected chi connectivity index (χ4v) is 1.40. The lowest BCUT2D eigenvalue weighted by molar-refractivity contribution is -0.132. The van der Waals surface area contributed by atoms with Gasteiger partial charge in [-0.3, -0.25) is 0 Å². The SMILES string of the molecule is CC/C(=C/CNCc1ccc(F)cc1)C(=O)O. The summed E-state index contributed by atoms with van der Waals surface area (Å²) in [6, 6.07) is 6.21. The molecule has 0 atom stereocenters. The topological polar surface area (TPSA) is 49.3 Å². The summed E-state index contributed by atoms with van der Waals surface area (Å²) in [6.45, 7) is 2.89. The highest BCUT2D eigenvalue weighted by atomic mass is 19.1. The predicted octanol–water partition coefficient (Wildman–Crippen LogP) is 2.34. The molecule has 0 amide bonds. The van der Waals surface area contributed by atoms with E-state index in [4.69, 9.17) is 5.11 Å². The van der Waals surface area contributed by atoms with Crippen LogP contribution < -0.4 is 5.32 Å². The molecule has 0 spiro atoms. The van der Waals surface area contributed by atoms with Crippen molar-refractivity contribution in [3.8, 4) is 0 Å². The maximum absolute atomic E-state index is 12.6. The highest BCUT2D eigenvalue weighted by Crippen LogP contribution is 2.02. The molecule has 2 N–H and O–H groups in total. The minimum atomic E-state index is -0.879. The second-order valence-electron chi connectivity index (χ2n) is 3.65. The van der Waals surface area contributed by atoms with E-state index in [1.807, 2.05) is 0 Å². The summed E-state index contributed by atoms with van der Waals surface area (Å²) in [5, 5.41) is 11.9. The van der Waals surface area contributed by atoms with Gasteiger partial charge in [-0.05, 0) is 24.1 Å². The van der Waals surface area contributed by atoms with Crippen LogP contribution in [-0.2, 0) is 11.3 Å². The van der Waals surface area contributed by atoms with Gasteiger partial charge in [0.1, 0.15) is 5.82 Å². The third-order valence-corrected chi connectivity index (χ3v) is 2.39. The van der Waals surface area contributed by atoms with E-state index >= 15 is 0 Å². The van der Waals surface area contributed by atoms with Crippen LogP contribution in [0, 0.1) is 5.82 Å². The van der Waals surface area contributed by atoms with Crippen molar-refractivity contribution in [1.82, 2.24) is 5.32 Å². The van der Waals surface area contributed by atoms with Gasteiger partial charge < -0.3 is 10.4 Å². The Morgan fingerprint density at radius 1 is 1.41 bits per heavy atom. The molecule has 1 aromatic carbocycles. The first-order valence-corrected chi connectivity index (χ1v) is 5.51. The molecule has 0 saturated carbocycles. The molecule has 1 rings (SSSR count). The summed E-state index contributed by atoms with van der Waals surface area (Å²) in [5.41, 5.74) is 1.37. The molecule has 3 nitrogen and oxygen atoms in total. The van der Waals surface area contributed by atoms with E-state index in [0.29, 0.717) is 25.1 Å². The van der Waals surface area contributed by atoms with Crippen LogP contribution in [0.1, 0.15) is 18.9 Å². The van der Waals surface area contributed by atoms with Gasteiger partial charge in [0.15, 0.2) is 0 Å². The van der Waals surface area contributed by atoms with Gasteiger partial charge >= 0.3 is 5.97 Å². The molecule has 0 bridgehead atoms. The molecule has 0 radical (unpaired) electrons. The maximum Gasteiger partial charge on any atom is 0.331 e. The molecule has 0 unspecified atom stereocenters. The van der Waals surface area contributed by atoms with Crippen LogP contribution in [0.2, 0.25) is 0 Å². The van der Waals surface area contributed by atoms with Gasteiger partial charge in [-0.25, -0.2) is 9.18 Å². The summed E-state index contributed by atoms with van der Waals surface area (Å²) in [6.07, 6.45) is 2.17. The molecule has 0 aliphatic rings. The van der Waals surface area contributed by atoms with E-state index in [2.05, 4.69) is 5.32 Å². The van der Waals surface area contributed by atoms with Crippen molar-refractivity contribution in [1.29, 1.82) is 0 Å². The molecule has 0 aliphatic heterocycles. The van der Waals surface area contributed by atoms with Gasteiger partial charge in [0, 0.05) is 18.7 Å². The van der Waals surface area contributed by atoms with Gasteiger partial charge in [-0.2, -0.15) is 0 Å². The molecular formula is C13H16FNO2. The molecule has 1 aromatic rings. The normalized spacial score (nSPS) is 11.5. The Kier molecular flexibility index (Phi) is 5.36. The van der Waals surface area contributed by atoms with Crippen molar-refractivity contribution in [2.24, 2.45) is 0 Å². The maximum atomic E-state index is 12.6. The van der Waals surface area contributed by atoms with Crippen molar-refractivity contribution in [2.45, 2.75) is 19.9 Å². The molecule has 0 fully saturated rings. The second kappa shape index (κ2) is 6.81. The molecular weight excluding hydrogens is 221 g/mol. The van der Waals surface area contributed by atoms with Crippen LogP contribution in [0.25, 0.3) is 0 Å². The lowest BCUT2D eigenvalue weighted by atomic mass is 10.2. The van der Waals surface area contributed by atoms with Crippen LogP contribution in [0.3, 0.4) is 0 Å². The van der Waals surface area contributed by atoms with Crippen molar-refractivity contribution >= 4 is 5.97 Å². The van der Waals surface area contributed by atoms with E-state index in [-0.39, 0.29) is 5.82 Å². The number of carboxylic acid groups (broad SMARTS) is 1. The third kappa shape index (κ3) is 4.78. The minimum Gasteiger partial charge on any atom is -0.478 e. The van der Waals surface area contributed by atoms with Crippen LogP contribution in [0.5, 0.6) is 0 Å². The number of carboxylic acids is 1. The van der Waals surface area contributed by atoms with Crippen LogP contribution in [-0.4, -0.2) is 17.6 Å². The Morgan fingerprint density at radius 2 is 2.06 bits per heavy atom. The van der Waals surface area contributed by atoms with Crippen molar-refractivity contribution in [2.75, 3.05) is 6.54 Å². The average molecular weight is 237 g/mol. The van der Waals surface area contributed by atoms with E-state index in [0.717, 1.165) is 5.56 Å². The van der Waals surface area contributed by atoms with E-state index in [1.165, 1.54) is 12.1 Å². The molecule has 0 saturated heterocycles. The van der Waals surface area contributed by atoms with E-state index in [1.54, 1.807) is 25.1 Å². The van der Waals surface area contributed by atoms with Gasteiger partial charge in [-0.15, -0.1) is 0 Å². The van der Waals surface area contributed by atoms with Crippen LogP contribution in [0.15, 0.2) is 35.9 Å². The number of hydrogen-bond acceptors (Lipinski definition) is 2. The monoisotopic (exact) mass is 237 g/mol. The number of aliphatic carboxylic acids is 1. The highest BCUT2D eigenvalue weighted by molar-refractivity contribution is 5.86. The first kappa shape index (κ1) is 13.4. The zero-order valence-corrected chi connectivity index (χ0v) is 9.74. The first-order chi connectivity index (χ1) is 8.13. The van der Waals surface area contributed by atoms with Crippen molar-refractivity contribution in [3.63, 3.8) is 0 Å². The summed E-state index contributed by atoms with van der Waals surface area (Å²) in [4.78, 5) is 10.7. The summed E-state index contributed by atoms with van der Waals surface area (Å²) in [7, 11) is 0. The smallest absolute Gasteiger partial charge is 0.331 e. The van der Waals surface area contributed by atoms with Crippen LogP contribution >= 0.6 is 0 Å². The molecule has 17 heavy (non-hydrogen) atoms. The van der Waals surface area contributed by atoms with Crippen molar-refractivity contribution < 1.29 is 14.3 Å². The second-order valence-corrected chi connectivity index (χ2v) is 3.65. The fourth-order valence-electron chi connectivity index (χ4n) is 1.40.